The lowest BCUT2D eigenvalue weighted by Gasteiger charge is -2.23. The summed E-state index contributed by atoms with van der Waals surface area (Å²) in [7, 11) is 4.73. The van der Waals surface area contributed by atoms with Crippen LogP contribution in [0.1, 0.15) is 18.4 Å². The van der Waals surface area contributed by atoms with Gasteiger partial charge >= 0.3 is 0 Å². The minimum Gasteiger partial charge on any atom is -0.493 e. The van der Waals surface area contributed by atoms with Crippen LogP contribution in [0, 0.1) is 4.84 Å². The second kappa shape index (κ2) is 9.53. The van der Waals surface area contributed by atoms with Crippen molar-refractivity contribution in [1.82, 2.24) is 14.7 Å². The van der Waals surface area contributed by atoms with Gasteiger partial charge in [0.15, 0.2) is 11.5 Å². The standard InChI is InChI=1S/C23H27N3O4S/c1-27-19-13-17(14-20(28-2)21(19)29-3)22-24-26(23(31)30-22)15-25-11-7-10-18(25)12-16-8-5-4-6-9-16/h4-6,8-9,13-14,18H,7,10-12,15H2,1-3H3. The third-order valence-electron chi connectivity index (χ3n) is 5.65. The molecule has 0 saturated carbocycles. The molecule has 4 rings (SSSR count). The molecular formula is C23H27N3O4S. The Bertz CT molecular complexity index is 1050. The van der Waals surface area contributed by atoms with Gasteiger partial charge in [0.05, 0.1) is 28.0 Å². The SMILES string of the molecule is COc1cc(-c2nn(CN3CCCC3Cc3ccccc3)c(=S)o2)cc(OC)c1OC. The zero-order chi connectivity index (χ0) is 21.8. The van der Waals surface area contributed by atoms with Crippen LogP contribution in [0.5, 0.6) is 17.2 Å². The van der Waals surface area contributed by atoms with Crippen LogP contribution in [-0.4, -0.2) is 48.6 Å². The normalized spacial score (nSPS) is 16.4. The lowest BCUT2D eigenvalue weighted by Crippen LogP contribution is -2.33. The first-order chi connectivity index (χ1) is 15.1. The minimum absolute atomic E-state index is 0.342. The molecule has 164 valence electrons. The first-order valence-electron chi connectivity index (χ1n) is 10.3. The summed E-state index contributed by atoms with van der Waals surface area (Å²) in [6, 6.07) is 14.7. The summed E-state index contributed by atoms with van der Waals surface area (Å²) >= 11 is 5.47. The molecule has 8 heteroatoms. The Hall–Kier alpha value is -2.84. The van der Waals surface area contributed by atoms with Gasteiger partial charge in [-0.2, -0.15) is 0 Å². The van der Waals surface area contributed by atoms with E-state index >= 15 is 0 Å². The Kier molecular flexibility index (Phi) is 6.58. The van der Waals surface area contributed by atoms with E-state index in [-0.39, 0.29) is 0 Å². The van der Waals surface area contributed by atoms with Gasteiger partial charge in [-0.15, -0.1) is 5.10 Å². The minimum atomic E-state index is 0.342. The average molecular weight is 442 g/mol. The summed E-state index contributed by atoms with van der Waals surface area (Å²) in [5, 5.41) is 4.64. The van der Waals surface area contributed by atoms with Crippen LogP contribution in [0.15, 0.2) is 46.9 Å². The fourth-order valence-corrected chi connectivity index (χ4v) is 4.27. The summed E-state index contributed by atoms with van der Waals surface area (Å²) in [4.78, 5) is 2.76. The number of benzene rings is 2. The number of methoxy groups -OCH3 is 3. The molecule has 2 aromatic carbocycles. The fourth-order valence-electron chi connectivity index (χ4n) is 4.09. The number of rotatable bonds is 8. The molecule has 0 spiro atoms. The Balaban J connectivity index is 1.56. The third kappa shape index (κ3) is 4.60. The highest BCUT2D eigenvalue weighted by Crippen LogP contribution is 2.40. The van der Waals surface area contributed by atoms with Crippen LogP contribution in [0.2, 0.25) is 0 Å². The zero-order valence-electron chi connectivity index (χ0n) is 18.0. The van der Waals surface area contributed by atoms with Crippen LogP contribution in [0.25, 0.3) is 11.5 Å². The molecule has 0 N–H and O–H groups in total. The molecule has 3 aromatic rings. The van der Waals surface area contributed by atoms with Gasteiger partial charge in [0.1, 0.15) is 0 Å². The van der Waals surface area contributed by atoms with Gasteiger partial charge in [0.2, 0.25) is 11.6 Å². The maximum absolute atomic E-state index is 5.83. The van der Waals surface area contributed by atoms with Gasteiger partial charge in [0, 0.05) is 18.2 Å². The van der Waals surface area contributed by atoms with E-state index in [9.17, 15) is 0 Å². The lowest BCUT2D eigenvalue weighted by atomic mass is 10.0. The molecule has 1 aromatic heterocycles. The molecular weight excluding hydrogens is 414 g/mol. The number of hydrogen-bond donors (Lipinski definition) is 0. The molecule has 0 aliphatic carbocycles. The Morgan fingerprint density at radius 3 is 2.42 bits per heavy atom. The van der Waals surface area contributed by atoms with E-state index in [1.165, 1.54) is 18.4 Å². The molecule has 2 heterocycles. The Morgan fingerprint density at radius 2 is 1.77 bits per heavy atom. The molecule has 31 heavy (non-hydrogen) atoms. The van der Waals surface area contributed by atoms with Gasteiger partial charge in [0.25, 0.3) is 4.84 Å². The van der Waals surface area contributed by atoms with Crippen LogP contribution in [0.4, 0.5) is 0 Å². The quantitative estimate of drug-likeness (QED) is 0.475. The van der Waals surface area contributed by atoms with Crippen molar-refractivity contribution < 1.29 is 18.6 Å². The molecule has 1 saturated heterocycles. The van der Waals surface area contributed by atoms with E-state index in [1.807, 2.05) is 0 Å². The number of ether oxygens (including phenoxy) is 3. The maximum Gasteiger partial charge on any atom is 0.288 e. The Morgan fingerprint density at radius 1 is 1.06 bits per heavy atom. The smallest absolute Gasteiger partial charge is 0.288 e. The molecule has 0 radical (unpaired) electrons. The van der Waals surface area contributed by atoms with Crippen molar-refractivity contribution in [2.75, 3.05) is 27.9 Å². The van der Waals surface area contributed by atoms with Crippen LogP contribution in [0.3, 0.4) is 0 Å². The molecule has 1 unspecified atom stereocenters. The molecule has 1 atom stereocenters. The molecule has 7 nitrogen and oxygen atoms in total. The summed E-state index contributed by atoms with van der Waals surface area (Å²) in [6.45, 7) is 1.62. The number of nitrogens with zero attached hydrogens (tertiary/aromatic N) is 3. The maximum atomic E-state index is 5.83. The first-order valence-corrected chi connectivity index (χ1v) is 10.7. The van der Waals surface area contributed by atoms with Crippen LogP contribution < -0.4 is 14.2 Å². The zero-order valence-corrected chi connectivity index (χ0v) is 18.9. The molecule has 1 aliphatic heterocycles. The van der Waals surface area contributed by atoms with Crippen LogP contribution >= 0.6 is 12.2 Å². The first kappa shape index (κ1) is 21.4. The molecule has 1 fully saturated rings. The lowest BCUT2D eigenvalue weighted by molar-refractivity contribution is 0.185. The van der Waals surface area contributed by atoms with Gasteiger partial charge < -0.3 is 18.6 Å². The van der Waals surface area contributed by atoms with E-state index in [2.05, 4.69) is 40.3 Å². The number of aromatic nitrogens is 2. The Labute approximate surface area is 187 Å². The summed E-state index contributed by atoms with van der Waals surface area (Å²) in [5.74, 6) is 2.01. The fraction of sp³-hybridized carbons (Fsp3) is 0.391. The van der Waals surface area contributed by atoms with Crippen molar-refractivity contribution in [2.24, 2.45) is 0 Å². The van der Waals surface area contributed by atoms with Crippen molar-refractivity contribution in [2.45, 2.75) is 32.0 Å². The predicted octanol–water partition coefficient (Wildman–Crippen LogP) is 4.56. The van der Waals surface area contributed by atoms with E-state index in [4.69, 9.17) is 30.8 Å². The van der Waals surface area contributed by atoms with Gasteiger partial charge in [-0.25, -0.2) is 4.68 Å². The highest BCUT2D eigenvalue weighted by atomic mass is 32.1. The van der Waals surface area contributed by atoms with E-state index < -0.39 is 0 Å². The molecule has 0 amide bonds. The second-order valence-corrected chi connectivity index (χ2v) is 7.88. The molecule has 0 bridgehead atoms. The summed E-state index contributed by atoms with van der Waals surface area (Å²) in [6.07, 6.45) is 3.36. The molecule has 1 aliphatic rings. The van der Waals surface area contributed by atoms with Crippen molar-refractivity contribution >= 4 is 12.2 Å². The van der Waals surface area contributed by atoms with Gasteiger partial charge in [-0.3, -0.25) is 4.90 Å². The van der Waals surface area contributed by atoms with Crippen molar-refractivity contribution in [1.29, 1.82) is 0 Å². The third-order valence-corrected chi connectivity index (χ3v) is 5.94. The second-order valence-electron chi connectivity index (χ2n) is 7.53. The number of likely N-dealkylation sites (tertiary alicyclic amines) is 1. The van der Waals surface area contributed by atoms with Gasteiger partial charge in [-0.1, -0.05) is 30.3 Å². The predicted molar refractivity (Wildman–Crippen MR) is 120 cm³/mol. The van der Waals surface area contributed by atoms with Crippen molar-refractivity contribution in [3.05, 3.63) is 52.9 Å². The average Bonchev–Trinajstić information content (AvgIpc) is 3.39. The van der Waals surface area contributed by atoms with Crippen molar-refractivity contribution in [3.63, 3.8) is 0 Å². The number of hydrogen-bond acceptors (Lipinski definition) is 7. The van der Waals surface area contributed by atoms with Crippen molar-refractivity contribution in [3.8, 4) is 28.7 Å². The monoisotopic (exact) mass is 441 g/mol. The highest BCUT2D eigenvalue weighted by Gasteiger charge is 2.26. The largest absolute Gasteiger partial charge is 0.493 e. The van der Waals surface area contributed by atoms with E-state index in [0.717, 1.165) is 13.0 Å². The van der Waals surface area contributed by atoms with E-state index in [0.29, 0.717) is 46.3 Å². The van der Waals surface area contributed by atoms with Crippen LogP contribution in [-0.2, 0) is 13.1 Å². The van der Waals surface area contributed by atoms with Gasteiger partial charge in [-0.05, 0) is 49.2 Å². The van der Waals surface area contributed by atoms with E-state index in [1.54, 1.807) is 38.1 Å². The topological polar surface area (TPSA) is 61.9 Å². The summed E-state index contributed by atoms with van der Waals surface area (Å²) < 4.78 is 23.8. The summed E-state index contributed by atoms with van der Waals surface area (Å²) in [5.41, 5.74) is 2.06. The highest BCUT2D eigenvalue weighted by molar-refractivity contribution is 7.71.